The third kappa shape index (κ3) is 2.28. The van der Waals surface area contributed by atoms with Crippen molar-refractivity contribution in [2.45, 2.75) is 54.0 Å². The Morgan fingerprint density at radius 3 is 2.21 bits per heavy atom. The van der Waals surface area contributed by atoms with Gasteiger partial charge in [-0.25, -0.2) is 0 Å². The van der Waals surface area contributed by atoms with Gasteiger partial charge in [0.1, 0.15) is 0 Å². The Kier molecular flexibility index (Phi) is 2.68. The molecule has 0 spiro atoms. The number of hydrogen-bond acceptors (Lipinski definition) is 1. The van der Waals surface area contributed by atoms with E-state index < -0.39 is 0 Å². The van der Waals surface area contributed by atoms with E-state index in [2.05, 4.69) is 34.6 Å². The molecule has 0 aromatic rings. The molecular weight excluding hydrogens is 174 g/mol. The molecule has 1 aliphatic heterocycles. The molecule has 0 radical (unpaired) electrons. The fourth-order valence-electron chi connectivity index (χ4n) is 2.26. The standard InChI is InChI=1S/C12H23NO/c1-9(14)13-8-12(5,6)10(13)7-11(2,3)4/h10H,7-8H2,1-6H3. The van der Waals surface area contributed by atoms with Crippen molar-refractivity contribution >= 4 is 5.91 Å². The van der Waals surface area contributed by atoms with E-state index in [-0.39, 0.29) is 5.91 Å². The largest absolute Gasteiger partial charge is 0.339 e. The lowest BCUT2D eigenvalue weighted by atomic mass is 9.69. The number of amides is 1. The number of nitrogens with zero attached hydrogens (tertiary/aromatic N) is 1. The second kappa shape index (κ2) is 3.25. The Morgan fingerprint density at radius 2 is 1.93 bits per heavy atom. The first-order valence-electron chi connectivity index (χ1n) is 5.41. The van der Waals surface area contributed by atoms with E-state index in [9.17, 15) is 4.79 Å². The van der Waals surface area contributed by atoms with Gasteiger partial charge >= 0.3 is 0 Å². The molecule has 0 saturated carbocycles. The van der Waals surface area contributed by atoms with Gasteiger partial charge in [-0.05, 0) is 11.8 Å². The molecule has 0 N–H and O–H groups in total. The predicted octanol–water partition coefficient (Wildman–Crippen LogP) is 2.68. The Bertz CT molecular complexity index is 237. The summed E-state index contributed by atoms with van der Waals surface area (Å²) in [5.74, 6) is 0.221. The van der Waals surface area contributed by atoms with E-state index in [1.54, 1.807) is 6.92 Å². The molecule has 1 saturated heterocycles. The lowest BCUT2D eigenvalue weighted by molar-refractivity contribution is -0.151. The quantitative estimate of drug-likeness (QED) is 0.633. The highest BCUT2D eigenvalue weighted by Gasteiger charge is 2.47. The Labute approximate surface area is 87.7 Å². The van der Waals surface area contributed by atoms with E-state index in [0.717, 1.165) is 13.0 Å². The normalized spacial score (nSPS) is 25.9. The van der Waals surface area contributed by atoms with Gasteiger partial charge in [0.25, 0.3) is 0 Å². The maximum absolute atomic E-state index is 11.3. The highest BCUT2D eigenvalue weighted by atomic mass is 16.2. The first kappa shape index (κ1) is 11.5. The summed E-state index contributed by atoms with van der Waals surface area (Å²) in [5, 5.41) is 0. The van der Waals surface area contributed by atoms with Crippen LogP contribution in [0.1, 0.15) is 48.0 Å². The van der Waals surface area contributed by atoms with Gasteiger partial charge in [0, 0.05) is 24.9 Å². The molecule has 0 aromatic carbocycles. The molecule has 1 rings (SSSR count). The van der Waals surface area contributed by atoms with Crippen LogP contribution in [-0.2, 0) is 4.79 Å². The van der Waals surface area contributed by atoms with Crippen molar-refractivity contribution in [2.75, 3.05) is 6.54 Å². The van der Waals surface area contributed by atoms with Gasteiger partial charge in [-0.1, -0.05) is 34.6 Å². The van der Waals surface area contributed by atoms with Crippen LogP contribution >= 0.6 is 0 Å². The van der Waals surface area contributed by atoms with Crippen LogP contribution in [-0.4, -0.2) is 23.4 Å². The molecule has 1 fully saturated rings. The summed E-state index contributed by atoms with van der Waals surface area (Å²) in [7, 11) is 0. The topological polar surface area (TPSA) is 20.3 Å². The lowest BCUT2D eigenvalue weighted by Crippen LogP contribution is -2.64. The van der Waals surface area contributed by atoms with Gasteiger partial charge < -0.3 is 4.90 Å². The van der Waals surface area contributed by atoms with Crippen molar-refractivity contribution in [3.8, 4) is 0 Å². The van der Waals surface area contributed by atoms with Crippen molar-refractivity contribution < 1.29 is 4.79 Å². The van der Waals surface area contributed by atoms with Gasteiger partial charge in [-0.3, -0.25) is 4.79 Å². The second-order valence-electron chi connectivity index (χ2n) is 6.42. The van der Waals surface area contributed by atoms with Crippen molar-refractivity contribution in [3.63, 3.8) is 0 Å². The maximum atomic E-state index is 11.3. The van der Waals surface area contributed by atoms with Crippen LogP contribution in [0.25, 0.3) is 0 Å². The molecular formula is C12H23NO. The van der Waals surface area contributed by atoms with E-state index in [4.69, 9.17) is 0 Å². The van der Waals surface area contributed by atoms with Crippen LogP contribution in [0, 0.1) is 10.8 Å². The van der Waals surface area contributed by atoms with E-state index in [1.165, 1.54) is 0 Å². The number of carbonyl (C=O) groups excluding carboxylic acids is 1. The first-order valence-corrected chi connectivity index (χ1v) is 5.41. The lowest BCUT2D eigenvalue weighted by Gasteiger charge is -2.56. The summed E-state index contributed by atoms with van der Waals surface area (Å²) < 4.78 is 0. The molecule has 0 aliphatic carbocycles. The van der Waals surface area contributed by atoms with Gasteiger partial charge in [0.2, 0.25) is 5.91 Å². The molecule has 2 nitrogen and oxygen atoms in total. The second-order valence-corrected chi connectivity index (χ2v) is 6.42. The fraction of sp³-hybridized carbons (Fsp3) is 0.917. The summed E-state index contributed by atoms with van der Waals surface area (Å²) in [5.41, 5.74) is 0.606. The van der Waals surface area contributed by atoms with E-state index in [0.29, 0.717) is 16.9 Å². The number of likely N-dealkylation sites (tertiary alicyclic amines) is 1. The molecule has 14 heavy (non-hydrogen) atoms. The highest BCUT2D eigenvalue weighted by molar-refractivity contribution is 5.75. The van der Waals surface area contributed by atoms with Gasteiger partial charge in [0.05, 0.1) is 0 Å². The summed E-state index contributed by atoms with van der Waals surface area (Å²) >= 11 is 0. The summed E-state index contributed by atoms with van der Waals surface area (Å²) in [6.45, 7) is 13.8. The molecule has 1 atom stereocenters. The Balaban J connectivity index is 2.68. The molecule has 1 unspecified atom stereocenters. The van der Waals surface area contributed by atoms with Crippen molar-refractivity contribution in [1.82, 2.24) is 4.90 Å². The highest BCUT2D eigenvalue weighted by Crippen LogP contribution is 2.42. The van der Waals surface area contributed by atoms with E-state index in [1.807, 2.05) is 4.90 Å². The molecule has 1 aliphatic rings. The third-order valence-corrected chi connectivity index (χ3v) is 3.07. The van der Waals surface area contributed by atoms with Crippen LogP contribution in [0.2, 0.25) is 0 Å². The van der Waals surface area contributed by atoms with Crippen LogP contribution < -0.4 is 0 Å². The predicted molar refractivity (Wildman–Crippen MR) is 59.0 cm³/mol. The molecule has 82 valence electrons. The number of rotatable bonds is 1. The summed E-state index contributed by atoms with van der Waals surface area (Å²) in [4.78, 5) is 13.3. The van der Waals surface area contributed by atoms with Crippen LogP contribution in [0.5, 0.6) is 0 Å². The minimum absolute atomic E-state index is 0.221. The molecule has 2 heteroatoms. The Morgan fingerprint density at radius 1 is 1.43 bits per heavy atom. The minimum atomic E-state index is 0.221. The van der Waals surface area contributed by atoms with Crippen molar-refractivity contribution in [3.05, 3.63) is 0 Å². The number of hydrogen-bond donors (Lipinski definition) is 0. The zero-order valence-corrected chi connectivity index (χ0v) is 10.3. The minimum Gasteiger partial charge on any atom is -0.339 e. The van der Waals surface area contributed by atoms with Crippen LogP contribution in [0.4, 0.5) is 0 Å². The van der Waals surface area contributed by atoms with Gasteiger partial charge in [-0.15, -0.1) is 0 Å². The van der Waals surface area contributed by atoms with Crippen LogP contribution in [0.3, 0.4) is 0 Å². The zero-order valence-electron chi connectivity index (χ0n) is 10.3. The summed E-state index contributed by atoms with van der Waals surface area (Å²) in [6, 6.07) is 0.431. The maximum Gasteiger partial charge on any atom is 0.219 e. The molecule has 1 heterocycles. The Hall–Kier alpha value is -0.530. The first-order chi connectivity index (χ1) is 6.13. The average Bonchev–Trinajstić information content (AvgIpc) is 1.95. The summed E-state index contributed by atoms with van der Waals surface area (Å²) in [6.07, 6.45) is 1.10. The monoisotopic (exact) mass is 197 g/mol. The fourth-order valence-corrected chi connectivity index (χ4v) is 2.26. The zero-order chi connectivity index (χ0) is 11.1. The molecule has 0 bridgehead atoms. The van der Waals surface area contributed by atoms with E-state index >= 15 is 0 Å². The van der Waals surface area contributed by atoms with Crippen LogP contribution in [0.15, 0.2) is 0 Å². The number of carbonyl (C=O) groups is 1. The van der Waals surface area contributed by atoms with Gasteiger partial charge in [0.15, 0.2) is 0 Å². The third-order valence-electron chi connectivity index (χ3n) is 3.07. The van der Waals surface area contributed by atoms with Crippen molar-refractivity contribution in [2.24, 2.45) is 10.8 Å². The SMILES string of the molecule is CC(=O)N1CC(C)(C)C1CC(C)(C)C. The van der Waals surface area contributed by atoms with Gasteiger partial charge in [-0.2, -0.15) is 0 Å². The average molecular weight is 197 g/mol. The smallest absolute Gasteiger partial charge is 0.219 e. The molecule has 1 amide bonds. The molecule has 0 aromatic heterocycles. The van der Waals surface area contributed by atoms with Crippen molar-refractivity contribution in [1.29, 1.82) is 0 Å².